The molecule has 1 aromatic heterocycles. The van der Waals surface area contributed by atoms with E-state index in [1.165, 1.54) is 12.8 Å². The van der Waals surface area contributed by atoms with E-state index in [1.807, 2.05) is 4.90 Å². The molecule has 2 saturated carbocycles. The van der Waals surface area contributed by atoms with Crippen LogP contribution in [0.4, 0.5) is 0 Å². The molecule has 0 spiro atoms. The van der Waals surface area contributed by atoms with Gasteiger partial charge >= 0.3 is 0 Å². The Bertz CT molecular complexity index is 584. The van der Waals surface area contributed by atoms with Crippen molar-refractivity contribution >= 4 is 5.91 Å². The molecule has 132 valence electrons. The third-order valence-electron chi connectivity index (χ3n) is 5.59. The normalized spacial score (nSPS) is 30.7. The number of aromatic nitrogens is 2. The van der Waals surface area contributed by atoms with E-state index in [9.17, 15) is 4.79 Å². The van der Waals surface area contributed by atoms with E-state index in [2.05, 4.69) is 17.1 Å². The second-order valence-electron chi connectivity index (χ2n) is 7.72. The smallest absolute Gasteiger partial charge is 0.249 e. The van der Waals surface area contributed by atoms with Gasteiger partial charge in [-0.2, -0.15) is 4.98 Å². The Labute approximate surface area is 142 Å². The molecule has 1 saturated heterocycles. The summed E-state index contributed by atoms with van der Waals surface area (Å²) < 4.78 is 11.3. The van der Waals surface area contributed by atoms with Crippen LogP contribution in [0.25, 0.3) is 0 Å². The molecule has 2 heterocycles. The number of ether oxygens (including phenoxy) is 1. The fourth-order valence-corrected chi connectivity index (χ4v) is 4.01. The average Bonchev–Trinajstić information content (AvgIpc) is 3.11. The van der Waals surface area contributed by atoms with Gasteiger partial charge in [0.15, 0.2) is 5.82 Å². The minimum atomic E-state index is -0.0392. The minimum absolute atomic E-state index is 0.0392. The van der Waals surface area contributed by atoms with Gasteiger partial charge in [0.25, 0.3) is 0 Å². The van der Waals surface area contributed by atoms with Gasteiger partial charge in [-0.1, -0.05) is 24.9 Å². The molecule has 0 radical (unpaired) electrons. The SMILES string of the molecule is C[C@@H]1CCC[C@H](OCC(=O)N2CCC[C@@H]2c2noc(C3CC3)n2)C1. The van der Waals surface area contributed by atoms with Crippen LogP contribution in [0.2, 0.25) is 0 Å². The number of amides is 1. The summed E-state index contributed by atoms with van der Waals surface area (Å²) in [6.07, 6.45) is 9.07. The van der Waals surface area contributed by atoms with Crippen LogP contribution in [0.5, 0.6) is 0 Å². The molecule has 3 fully saturated rings. The Kier molecular flexibility index (Phi) is 4.57. The van der Waals surface area contributed by atoms with Crippen molar-refractivity contribution in [3.05, 3.63) is 11.7 Å². The van der Waals surface area contributed by atoms with Crippen LogP contribution in [-0.2, 0) is 9.53 Å². The third-order valence-corrected chi connectivity index (χ3v) is 5.59. The summed E-state index contributed by atoms with van der Waals surface area (Å²) in [7, 11) is 0. The minimum Gasteiger partial charge on any atom is -0.368 e. The molecule has 4 rings (SSSR count). The fraction of sp³-hybridized carbons (Fsp3) is 0.833. The maximum atomic E-state index is 12.6. The van der Waals surface area contributed by atoms with Gasteiger partial charge in [0.1, 0.15) is 6.61 Å². The Hall–Kier alpha value is -1.43. The molecule has 1 amide bonds. The molecule has 3 atom stereocenters. The van der Waals surface area contributed by atoms with Gasteiger partial charge in [-0.15, -0.1) is 0 Å². The van der Waals surface area contributed by atoms with E-state index in [1.54, 1.807) is 0 Å². The van der Waals surface area contributed by atoms with Crippen LogP contribution >= 0.6 is 0 Å². The quantitative estimate of drug-likeness (QED) is 0.827. The molecule has 0 N–H and O–H groups in total. The molecule has 0 aromatic carbocycles. The Morgan fingerprint density at radius 2 is 2.12 bits per heavy atom. The molecule has 0 bridgehead atoms. The van der Waals surface area contributed by atoms with Crippen LogP contribution in [0, 0.1) is 5.92 Å². The zero-order valence-corrected chi connectivity index (χ0v) is 14.4. The summed E-state index contributed by atoms with van der Waals surface area (Å²) >= 11 is 0. The Morgan fingerprint density at radius 3 is 2.92 bits per heavy atom. The van der Waals surface area contributed by atoms with Crippen LogP contribution in [0.1, 0.15) is 82.0 Å². The lowest BCUT2D eigenvalue weighted by Crippen LogP contribution is -2.35. The number of likely N-dealkylation sites (tertiary alicyclic amines) is 1. The van der Waals surface area contributed by atoms with E-state index in [4.69, 9.17) is 9.26 Å². The van der Waals surface area contributed by atoms with Crippen molar-refractivity contribution in [2.24, 2.45) is 5.92 Å². The molecule has 1 aliphatic heterocycles. The van der Waals surface area contributed by atoms with E-state index < -0.39 is 0 Å². The van der Waals surface area contributed by atoms with Crippen molar-refractivity contribution in [3.8, 4) is 0 Å². The van der Waals surface area contributed by atoms with Gasteiger partial charge in [0.2, 0.25) is 11.8 Å². The van der Waals surface area contributed by atoms with Crippen molar-refractivity contribution in [1.29, 1.82) is 0 Å². The van der Waals surface area contributed by atoms with Crippen molar-refractivity contribution in [2.75, 3.05) is 13.2 Å². The number of rotatable bonds is 5. The summed E-state index contributed by atoms with van der Waals surface area (Å²) in [5.41, 5.74) is 0. The first-order valence-electron chi connectivity index (χ1n) is 9.45. The van der Waals surface area contributed by atoms with E-state index >= 15 is 0 Å². The van der Waals surface area contributed by atoms with E-state index in [0.717, 1.165) is 51.0 Å². The number of nitrogens with zero attached hydrogens (tertiary/aromatic N) is 3. The van der Waals surface area contributed by atoms with E-state index in [0.29, 0.717) is 17.7 Å². The number of hydrogen-bond donors (Lipinski definition) is 0. The first kappa shape index (κ1) is 16.1. The predicted molar refractivity (Wildman–Crippen MR) is 87.3 cm³/mol. The van der Waals surface area contributed by atoms with Crippen molar-refractivity contribution in [1.82, 2.24) is 15.0 Å². The van der Waals surface area contributed by atoms with Crippen molar-refractivity contribution in [3.63, 3.8) is 0 Å². The Balaban J connectivity index is 1.34. The van der Waals surface area contributed by atoms with Gasteiger partial charge in [-0.3, -0.25) is 4.79 Å². The maximum Gasteiger partial charge on any atom is 0.249 e. The first-order valence-corrected chi connectivity index (χ1v) is 9.45. The van der Waals surface area contributed by atoms with Crippen LogP contribution in [-0.4, -0.2) is 40.2 Å². The zero-order chi connectivity index (χ0) is 16.5. The lowest BCUT2D eigenvalue weighted by molar-refractivity contribution is -0.140. The molecule has 6 heteroatoms. The monoisotopic (exact) mass is 333 g/mol. The molecular formula is C18H27N3O3. The van der Waals surface area contributed by atoms with Gasteiger partial charge < -0.3 is 14.2 Å². The molecule has 1 aromatic rings. The first-order chi connectivity index (χ1) is 11.7. The van der Waals surface area contributed by atoms with Crippen LogP contribution in [0.3, 0.4) is 0 Å². The average molecular weight is 333 g/mol. The van der Waals surface area contributed by atoms with E-state index in [-0.39, 0.29) is 24.7 Å². The van der Waals surface area contributed by atoms with Gasteiger partial charge in [0.05, 0.1) is 12.1 Å². The molecule has 0 unspecified atom stereocenters. The Morgan fingerprint density at radius 1 is 1.25 bits per heavy atom. The van der Waals surface area contributed by atoms with Crippen molar-refractivity contribution in [2.45, 2.75) is 76.4 Å². The summed E-state index contributed by atoms with van der Waals surface area (Å²) in [5, 5.41) is 4.13. The highest BCUT2D eigenvalue weighted by Crippen LogP contribution is 2.40. The number of hydrogen-bond acceptors (Lipinski definition) is 5. The third kappa shape index (κ3) is 3.48. The molecule has 3 aliphatic rings. The predicted octanol–water partition coefficient (Wildman–Crippen LogP) is 3.21. The highest BCUT2D eigenvalue weighted by Gasteiger charge is 2.36. The second-order valence-corrected chi connectivity index (χ2v) is 7.72. The summed E-state index contributed by atoms with van der Waals surface area (Å²) in [6.45, 7) is 3.21. The highest BCUT2D eigenvalue weighted by molar-refractivity contribution is 5.78. The second kappa shape index (κ2) is 6.82. The maximum absolute atomic E-state index is 12.6. The molecule has 2 aliphatic carbocycles. The van der Waals surface area contributed by atoms with Crippen molar-refractivity contribution < 1.29 is 14.1 Å². The van der Waals surface area contributed by atoms with Gasteiger partial charge in [-0.25, -0.2) is 0 Å². The van der Waals surface area contributed by atoms with Crippen LogP contribution < -0.4 is 0 Å². The molecular weight excluding hydrogens is 306 g/mol. The van der Waals surface area contributed by atoms with Gasteiger partial charge in [-0.05, 0) is 44.4 Å². The fourth-order valence-electron chi connectivity index (χ4n) is 4.01. The molecule has 6 nitrogen and oxygen atoms in total. The van der Waals surface area contributed by atoms with Crippen LogP contribution in [0.15, 0.2) is 4.52 Å². The zero-order valence-electron chi connectivity index (χ0n) is 14.4. The summed E-state index contributed by atoms with van der Waals surface area (Å²) in [4.78, 5) is 19.0. The lowest BCUT2D eigenvalue weighted by atomic mass is 9.89. The summed E-state index contributed by atoms with van der Waals surface area (Å²) in [5.74, 6) is 2.64. The number of carbonyl (C=O) groups is 1. The standard InChI is InChI=1S/C18H27N3O3/c1-12-4-2-5-14(10-12)23-11-16(22)21-9-3-6-15(21)17-19-18(24-20-17)13-7-8-13/h12-15H,2-11H2,1H3/t12-,14+,15-/m1/s1. The summed E-state index contributed by atoms with van der Waals surface area (Å²) in [6, 6.07) is -0.0392. The highest BCUT2D eigenvalue weighted by atomic mass is 16.5. The molecule has 24 heavy (non-hydrogen) atoms. The topological polar surface area (TPSA) is 68.5 Å². The largest absolute Gasteiger partial charge is 0.368 e. The lowest BCUT2D eigenvalue weighted by Gasteiger charge is -2.28. The van der Waals surface area contributed by atoms with Gasteiger partial charge in [0, 0.05) is 12.5 Å². The number of carbonyl (C=O) groups excluding carboxylic acids is 1.